The summed E-state index contributed by atoms with van der Waals surface area (Å²) in [4.78, 5) is 5.21. The zero-order valence-electron chi connectivity index (χ0n) is 7.61. The summed E-state index contributed by atoms with van der Waals surface area (Å²) in [5.41, 5.74) is 0. The van der Waals surface area contributed by atoms with Crippen molar-refractivity contribution < 1.29 is 13.3 Å². The maximum atomic E-state index is 11.7. The van der Waals surface area contributed by atoms with Crippen molar-refractivity contribution in [2.75, 3.05) is 13.2 Å². The minimum atomic E-state index is -3.10. The summed E-state index contributed by atoms with van der Waals surface area (Å²) in [6, 6.07) is 0. The van der Waals surface area contributed by atoms with Crippen LogP contribution in [0.1, 0.15) is 32.1 Å². The molecule has 0 aromatic heterocycles. The zero-order valence-corrected chi connectivity index (χ0v) is 8.42. The average molecular weight is 205 g/mol. The number of rotatable bonds is 2. The fraction of sp³-hybridized carbons (Fsp3) is 1.00. The minimum absolute atomic E-state index is 0.148. The molecule has 1 heterocycles. The molecular weight excluding hydrogens is 190 g/mol. The first-order chi connectivity index (χ1) is 6.21. The van der Waals surface area contributed by atoms with Crippen LogP contribution in [0.5, 0.6) is 0 Å². The molecule has 0 N–H and O–H groups in total. The third kappa shape index (κ3) is 2.03. The lowest BCUT2D eigenvalue weighted by Crippen LogP contribution is -2.33. The molecule has 1 aliphatic heterocycles. The highest BCUT2D eigenvalue weighted by atomic mass is 32.2. The van der Waals surface area contributed by atoms with E-state index >= 15 is 0 Å². The van der Waals surface area contributed by atoms with E-state index in [1.165, 1.54) is 4.47 Å². The normalized spacial score (nSPS) is 27.1. The van der Waals surface area contributed by atoms with Crippen LogP contribution < -0.4 is 0 Å². The van der Waals surface area contributed by atoms with Gasteiger partial charge in [0, 0.05) is 6.54 Å². The van der Waals surface area contributed by atoms with Gasteiger partial charge in [0.05, 0.1) is 11.9 Å². The van der Waals surface area contributed by atoms with Crippen molar-refractivity contribution in [3.63, 3.8) is 0 Å². The van der Waals surface area contributed by atoms with E-state index in [0.717, 1.165) is 32.1 Å². The first kappa shape index (κ1) is 9.43. The number of hydroxylamine groups is 1. The molecule has 2 aliphatic rings. The van der Waals surface area contributed by atoms with Gasteiger partial charge in [-0.05, 0) is 32.1 Å². The summed E-state index contributed by atoms with van der Waals surface area (Å²) >= 11 is 0. The van der Waals surface area contributed by atoms with Crippen molar-refractivity contribution in [1.29, 1.82) is 0 Å². The Hall–Kier alpha value is -0.130. The Morgan fingerprint density at radius 1 is 1.15 bits per heavy atom. The van der Waals surface area contributed by atoms with Gasteiger partial charge in [0.25, 0.3) is 0 Å². The van der Waals surface area contributed by atoms with Gasteiger partial charge in [0.2, 0.25) is 10.0 Å². The smallest absolute Gasteiger partial charge is 0.238 e. The van der Waals surface area contributed by atoms with Crippen molar-refractivity contribution in [1.82, 2.24) is 4.47 Å². The molecule has 0 bridgehead atoms. The molecule has 0 atom stereocenters. The molecular formula is C8H15NO3S. The minimum Gasteiger partial charge on any atom is -0.284 e. The van der Waals surface area contributed by atoms with E-state index < -0.39 is 10.0 Å². The maximum Gasteiger partial charge on any atom is 0.238 e. The Bertz CT molecular complexity index is 263. The van der Waals surface area contributed by atoms with Gasteiger partial charge in [-0.1, -0.05) is 4.47 Å². The van der Waals surface area contributed by atoms with E-state index in [-0.39, 0.29) is 5.25 Å². The third-order valence-corrected chi connectivity index (χ3v) is 4.62. The molecule has 1 saturated heterocycles. The third-order valence-electron chi connectivity index (χ3n) is 2.45. The van der Waals surface area contributed by atoms with Gasteiger partial charge >= 0.3 is 0 Å². The topological polar surface area (TPSA) is 46.6 Å². The SMILES string of the molecule is O=S(=O)(C1CC1)N1CCCCCO1. The summed E-state index contributed by atoms with van der Waals surface area (Å²) in [7, 11) is -3.10. The second-order valence-corrected chi connectivity index (χ2v) is 5.77. The molecule has 0 spiro atoms. The van der Waals surface area contributed by atoms with Crippen LogP contribution in [0.2, 0.25) is 0 Å². The largest absolute Gasteiger partial charge is 0.284 e. The predicted octanol–water partition coefficient (Wildman–Crippen LogP) is 0.896. The highest BCUT2D eigenvalue weighted by molar-refractivity contribution is 7.89. The molecule has 0 aromatic carbocycles. The average Bonchev–Trinajstić information content (AvgIpc) is 2.93. The van der Waals surface area contributed by atoms with Crippen molar-refractivity contribution >= 4 is 10.0 Å². The highest BCUT2D eigenvalue weighted by Crippen LogP contribution is 2.31. The van der Waals surface area contributed by atoms with Crippen molar-refractivity contribution in [3.05, 3.63) is 0 Å². The predicted molar refractivity (Wildman–Crippen MR) is 48.5 cm³/mol. The molecule has 0 aromatic rings. The molecule has 5 heteroatoms. The number of hydrogen-bond acceptors (Lipinski definition) is 3. The Labute approximate surface area is 78.9 Å². The summed E-state index contributed by atoms with van der Waals surface area (Å²) < 4.78 is 24.6. The van der Waals surface area contributed by atoms with Gasteiger partial charge in [-0.15, -0.1) is 0 Å². The van der Waals surface area contributed by atoms with Crippen LogP contribution in [0.3, 0.4) is 0 Å². The van der Waals surface area contributed by atoms with Gasteiger partial charge in [-0.2, -0.15) is 0 Å². The van der Waals surface area contributed by atoms with Crippen LogP contribution in [-0.2, 0) is 14.9 Å². The lowest BCUT2D eigenvalue weighted by molar-refractivity contribution is -0.0750. The Kier molecular flexibility index (Phi) is 2.58. The molecule has 4 nitrogen and oxygen atoms in total. The molecule has 13 heavy (non-hydrogen) atoms. The number of nitrogens with zero attached hydrogens (tertiary/aromatic N) is 1. The van der Waals surface area contributed by atoms with Gasteiger partial charge in [0.1, 0.15) is 0 Å². The number of sulfonamides is 1. The van der Waals surface area contributed by atoms with E-state index in [0.29, 0.717) is 13.2 Å². The lowest BCUT2D eigenvalue weighted by Gasteiger charge is -2.18. The first-order valence-corrected chi connectivity index (χ1v) is 6.36. The molecule has 76 valence electrons. The Balaban J connectivity index is 2.04. The molecule has 1 saturated carbocycles. The van der Waals surface area contributed by atoms with Gasteiger partial charge in [-0.3, -0.25) is 4.84 Å². The van der Waals surface area contributed by atoms with E-state index in [9.17, 15) is 8.42 Å². The van der Waals surface area contributed by atoms with Crippen LogP contribution in [0.25, 0.3) is 0 Å². The number of hydrogen-bond donors (Lipinski definition) is 0. The molecule has 2 rings (SSSR count). The van der Waals surface area contributed by atoms with Crippen LogP contribution >= 0.6 is 0 Å². The van der Waals surface area contributed by atoms with Crippen LogP contribution in [-0.4, -0.2) is 31.3 Å². The summed E-state index contributed by atoms with van der Waals surface area (Å²) in [6.07, 6.45) is 4.57. The van der Waals surface area contributed by atoms with E-state index in [1.807, 2.05) is 0 Å². The van der Waals surface area contributed by atoms with Gasteiger partial charge in [0.15, 0.2) is 0 Å². The fourth-order valence-electron chi connectivity index (χ4n) is 1.48. The summed E-state index contributed by atoms with van der Waals surface area (Å²) in [5.74, 6) is 0. The quantitative estimate of drug-likeness (QED) is 0.672. The Morgan fingerprint density at radius 2 is 1.92 bits per heavy atom. The van der Waals surface area contributed by atoms with E-state index in [1.54, 1.807) is 0 Å². The summed E-state index contributed by atoms with van der Waals surface area (Å²) in [5, 5.41) is -0.148. The molecule has 2 fully saturated rings. The Morgan fingerprint density at radius 3 is 2.62 bits per heavy atom. The maximum absolute atomic E-state index is 11.7. The first-order valence-electron chi connectivity index (χ1n) is 4.86. The monoisotopic (exact) mass is 205 g/mol. The lowest BCUT2D eigenvalue weighted by atomic mass is 10.2. The molecule has 0 radical (unpaired) electrons. The second kappa shape index (κ2) is 3.55. The fourth-order valence-corrected chi connectivity index (χ4v) is 3.15. The zero-order chi connectivity index (χ0) is 9.31. The van der Waals surface area contributed by atoms with E-state index in [2.05, 4.69) is 0 Å². The molecule has 1 aliphatic carbocycles. The van der Waals surface area contributed by atoms with Gasteiger partial charge in [-0.25, -0.2) is 8.42 Å². The van der Waals surface area contributed by atoms with E-state index in [4.69, 9.17) is 4.84 Å². The standard InChI is InChI=1S/C8H15NO3S/c10-13(11,8-4-5-8)9-6-2-1-3-7-12-9/h8H,1-7H2. The van der Waals surface area contributed by atoms with Crippen LogP contribution in [0.4, 0.5) is 0 Å². The molecule has 0 unspecified atom stereocenters. The summed E-state index contributed by atoms with van der Waals surface area (Å²) in [6.45, 7) is 1.09. The van der Waals surface area contributed by atoms with Crippen LogP contribution in [0, 0.1) is 0 Å². The van der Waals surface area contributed by atoms with Crippen molar-refractivity contribution in [2.24, 2.45) is 0 Å². The van der Waals surface area contributed by atoms with Crippen LogP contribution in [0.15, 0.2) is 0 Å². The van der Waals surface area contributed by atoms with Crippen molar-refractivity contribution in [2.45, 2.75) is 37.4 Å². The van der Waals surface area contributed by atoms with Gasteiger partial charge < -0.3 is 0 Å². The second-order valence-electron chi connectivity index (χ2n) is 3.66. The van der Waals surface area contributed by atoms with Crippen molar-refractivity contribution in [3.8, 4) is 0 Å². The molecule has 0 amide bonds. The highest BCUT2D eigenvalue weighted by Gasteiger charge is 2.40.